The molecule has 4 heterocycles. The molecule has 1 aliphatic rings. The summed E-state index contributed by atoms with van der Waals surface area (Å²) in [5.74, 6) is 0.988. The van der Waals surface area contributed by atoms with E-state index in [-0.39, 0.29) is 6.10 Å². The van der Waals surface area contributed by atoms with Crippen molar-refractivity contribution in [3.05, 3.63) is 48.7 Å². The number of pyridine rings is 1. The lowest BCUT2D eigenvalue weighted by atomic mass is 10.1. The Bertz CT molecular complexity index is 773. The van der Waals surface area contributed by atoms with Crippen molar-refractivity contribution in [2.75, 3.05) is 18.0 Å². The van der Waals surface area contributed by atoms with Crippen LogP contribution in [-0.4, -0.2) is 39.1 Å². The third-order valence-corrected chi connectivity index (χ3v) is 4.20. The first kappa shape index (κ1) is 14.1. The van der Waals surface area contributed by atoms with Crippen LogP contribution in [0.15, 0.2) is 43.0 Å². The van der Waals surface area contributed by atoms with E-state index in [0.29, 0.717) is 6.61 Å². The normalized spacial score (nSPS) is 18.4. The van der Waals surface area contributed by atoms with Crippen LogP contribution < -0.4 is 4.90 Å². The highest BCUT2D eigenvalue weighted by Crippen LogP contribution is 2.26. The van der Waals surface area contributed by atoms with Gasteiger partial charge in [-0.05, 0) is 31.0 Å². The van der Waals surface area contributed by atoms with Gasteiger partial charge in [-0.3, -0.25) is 4.98 Å². The molecule has 23 heavy (non-hydrogen) atoms. The third kappa shape index (κ3) is 3.03. The second-order valence-electron chi connectivity index (χ2n) is 5.78. The lowest BCUT2D eigenvalue weighted by molar-refractivity contribution is 0.0297. The molecule has 1 fully saturated rings. The lowest BCUT2D eigenvalue weighted by Crippen LogP contribution is -2.40. The number of rotatable bonds is 4. The van der Waals surface area contributed by atoms with E-state index in [2.05, 4.69) is 24.8 Å². The van der Waals surface area contributed by atoms with Crippen molar-refractivity contribution >= 4 is 16.9 Å². The summed E-state index contributed by atoms with van der Waals surface area (Å²) in [6.07, 6.45) is 7.70. The van der Waals surface area contributed by atoms with Gasteiger partial charge in [0.05, 0.1) is 23.8 Å². The highest BCUT2D eigenvalue weighted by molar-refractivity contribution is 5.87. The van der Waals surface area contributed by atoms with Crippen LogP contribution in [0.1, 0.15) is 18.5 Å². The predicted molar refractivity (Wildman–Crippen MR) is 88.1 cm³/mol. The van der Waals surface area contributed by atoms with Crippen molar-refractivity contribution in [2.24, 2.45) is 0 Å². The predicted octanol–water partition coefficient (Wildman–Crippen LogP) is 2.54. The van der Waals surface area contributed by atoms with Crippen LogP contribution in [0.4, 0.5) is 5.82 Å². The largest absolute Gasteiger partial charge is 0.370 e. The maximum Gasteiger partial charge on any atom is 0.142 e. The van der Waals surface area contributed by atoms with Gasteiger partial charge in [-0.2, -0.15) is 0 Å². The first-order valence-corrected chi connectivity index (χ1v) is 7.95. The molecule has 0 radical (unpaired) electrons. The van der Waals surface area contributed by atoms with Crippen LogP contribution in [0, 0.1) is 0 Å². The molecule has 1 saturated heterocycles. The van der Waals surface area contributed by atoms with Crippen LogP contribution in [-0.2, 0) is 11.3 Å². The topological polar surface area (TPSA) is 66.9 Å². The quantitative estimate of drug-likeness (QED) is 0.802. The van der Waals surface area contributed by atoms with Crippen molar-refractivity contribution in [1.82, 2.24) is 19.9 Å². The molecule has 0 aromatic carbocycles. The number of hydrogen-bond donors (Lipinski definition) is 1. The van der Waals surface area contributed by atoms with Gasteiger partial charge in [0.25, 0.3) is 0 Å². The number of aromatic amines is 1. The van der Waals surface area contributed by atoms with Crippen molar-refractivity contribution < 1.29 is 4.74 Å². The van der Waals surface area contributed by atoms with E-state index in [1.807, 2.05) is 30.5 Å². The number of nitrogens with zero attached hydrogens (tertiary/aromatic N) is 4. The van der Waals surface area contributed by atoms with Gasteiger partial charge in [-0.1, -0.05) is 6.07 Å². The van der Waals surface area contributed by atoms with E-state index >= 15 is 0 Å². The van der Waals surface area contributed by atoms with Crippen LogP contribution >= 0.6 is 0 Å². The molecule has 0 unspecified atom stereocenters. The first-order valence-electron chi connectivity index (χ1n) is 7.95. The molecule has 1 N–H and O–H groups in total. The van der Waals surface area contributed by atoms with Gasteiger partial charge < -0.3 is 14.6 Å². The number of nitrogens with one attached hydrogen (secondary N) is 1. The molecular weight excluding hydrogens is 290 g/mol. The summed E-state index contributed by atoms with van der Waals surface area (Å²) in [7, 11) is 0. The Morgan fingerprint density at radius 1 is 1.22 bits per heavy atom. The van der Waals surface area contributed by atoms with Crippen LogP contribution in [0.3, 0.4) is 0 Å². The summed E-state index contributed by atoms with van der Waals surface area (Å²) in [5, 5.41) is 1.07. The van der Waals surface area contributed by atoms with Gasteiger partial charge in [0, 0.05) is 25.5 Å². The third-order valence-electron chi connectivity index (χ3n) is 4.20. The molecule has 0 bridgehead atoms. The monoisotopic (exact) mass is 309 g/mol. The molecule has 6 heteroatoms. The summed E-state index contributed by atoms with van der Waals surface area (Å²) in [4.78, 5) is 18.5. The SMILES string of the molecule is c1ccc(CO[C@@H]2CCCN(c3ncnc4[nH]ccc34)C2)nc1. The number of hydrogen-bond acceptors (Lipinski definition) is 5. The van der Waals surface area contributed by atoms with Crippen molar-refractivity contribution in [3.63, 3.8) is 0 Å². The summed E-state index contributed by atoms with van der Waals surface area (Å²) in [6.45, 7) is 2.41. The highest BCUT2D eigenvalue weighted by Gasteiger charge is 2.23. The molecule has 3 aromatic heterocycles. The Morgan fingerprint density at radius 2 is 2.22 bits per heavy atom. The molecule has 0 spiro atoms. The zero-order valence-electron chi connectivity index (χ0n) is 12.9. The summed E-state index contributed by atoms with van der Waals surface area (Å²) in [5.41, 5.74) is 1.85. The molecule has 4 rings (SSSR count). The fourth-order valence-corrected chi connectivity index (χ4v) is 3.06. The van der Waals surface area contributed by atoms with E-state index in [1.165, 1.54) is 0 Å². The van der Waals surface area contributed by atoms with Gasteiger partial charge in [0.1, 0.15) is 17.8 Å². The van der Waals surface area contributed by atoms with Gasteiger partial charge in [-0.15, -0.1) is 0 Å². The lowest BCUT2D eigenvalue weighted by Gasteiger charge is -2.33. The standard InChI is InChI=1S/C17H19N5O/c1-2-7-18-13(4-1)11-23-14-5-3-9-22(10-14)17-15-6-8-19-16(15)20-12-21-17/h1-2,4,6-8,12,14H,3,5,9-11H2,(H,19,20,21)/t14-/m1/s1. The van der Waals surface area contributed by atoms with Crippen LogP contribution in [0.2, 0.25) is 0 Å². The average molecular weight is 309 g/mol. The molecular formula is C17H19N5O. The van der Waals surface area contributed by atoms with Gasteiger partial charge >= 0.3 is 0 Å². The molecule has 1 atom stereocenters. The number of aromatic nitrogens is 4. The molecule has 1 aliphatic heterocycles. The second-order valence-corrected chi connectivity index (χ2v) is 5.78. The van der Waals surface area contributed by atoms with E-state index in [0.717, 1.165) is 48.5 Å². The Balaban J connectivity index is 1.46. The first-order chi connectivity index (χ1) is 11.4. The van der Waals surface area contributed by atoms with Gasteiger partial charge in [0.15, 0.2) is 0 Å². The number of ether oxygens (including phenoxy) is 1. The van der Waals surface area contributed by atoms with E-state index < -0.39 is 0 Å². The van der Waals surface area contributed by atoms with Crippen LogP contribution in [0.25, 0.3) is 11.0 Å². The smallest absolute Gasteiger partial charge is 0.142 e. The summed E-state index contributed by atoms with van der Waals surface area (Å²) >= 11 is 0. The minimum absolute atomic E-state index is 0.203. The Hall–Kier alpha value is -2.47. The summed E-state index contributed by atoms with van der Waals surface area (Å²) < 4.78 is 6.06. The van der Waals surface area contributed by atoms with Crippen molar-refractivity contribution in [2.45, 2.75) is 25.6 Å². The molecule has 3 aromatic rings. The molecule has 118 valence electrons. The number of piperidine rings is 1. The van der Waals surface area contributed by atoms with Crippen molar-refractivity contribution in [3.8, 4) is 0 Å². The maximum atomic E-state index is 6.06. The van der Waals surface area contributed by atoms with E-state index in [9.17, 15) is 0 Å². The maximum absolute atomic E-state index is 6.06. The van der Waals surface area contributed by atoms with Gasteiger partial charge in [-0.25, -0.2) is 9.97 Å². The molecule has 0 saturated carbocycles. The molecule has 0 aliphatic carbocycles. The average Bonchev–Trinajstić information content (AvgIpc) is 3.10. The second kappa shape index (κ2) is 6.34. The van der Waals surface area contributed by atoms with Crippen LogP contribution in [0.5, 0.6) is 0 Å². The fraction of sp³-hybridized carbons (Fsp3) is 0.353. The highest BCUT2D eigenvalue weighted by atomic mass is 16.5. The van der Waals surface area contributed by atoms with E-state index in [4.69, 9.17) is 4.74 Å². The Morgan fingerprint density at radius 3 is 3.13 bits per heavy atom. The Kier molecular flexibility index (Phi) is 3.90. The molecule has 6 nitrogen and oxygen atoms in total. The van der Waals surface area contributed by atoms with E-state index in [1.54, 1.807) is 12.5 Å². The fourth-order valence-electron chi connectivity index (χ4n) is 3.06. The minimum atomic E-state index is 0.203. The Labute approximate surface area is 134 Å². The zero-order valence-corrected chi connectivity index (χ0v) is 12.9. The molecule has 0 amide bonds. The number of fused-ring (bicyclic) bond motifs is 1. The zero-order chi connectivity index (χ0) is 15.5. The van der Waals surface area contributed by atoms with Gasteiger partial charge in [0.2, 0.25) is 0 Å². The minimum Gasteiger partial charge on any atom is -0.370 e. The summed E-state index contributed by atoms with van der Waals surface area (Å²) in [6, 6.07) is 7.93. The van der Waals surface area contributed by atoms with Crippen molar-refractivity contribution in [1.29, 1.82) is 0 Å². The number of anilines is 1. The number of H-pyrrole nitrogens is 1.